The maximum atomic E-state index is 13.6. The van der Waals surface area contributed by atoms with E-state index in [4.69, 9.17) is 23.2 Å². The predicted octanol–water partition coefficient (Wildman–Crippen LogP) is 6.60. The minimum Gasteiger partial charge on any atom is -0.361 e. The second-order valence-corrected chi connectivity index (χ2v) is 9.97. The van der Waals surface area contributed by atoms with Gasteiger partial charge in [-0.15, -0.1) is 0 Å². The highest BCUT2D eigenvalue weighted by Gasteiger charge is 2.25. The Kier molecular flexibility index (Phi) is 8.34. The van der Waals surface area contributed by atoms with E-state index in [9.17, 15) is 9.59 Å². The number of aromatic nitrogens is 1. The van der Waals surface area contributed by atoms with Gasteiger partial charge < -0.3 is 14.8 Å². The summed E-state index contributed by atoms with van der Waals surface area (Å²) in [5.74, 6) is -0.395. The van der Waals surface area contributed by atoms with E-state index in [-0.39, 0.29) is 24.4 Å². The molecule has 1 aromatic heterocycles. The highest BCUT2D eigenvalue weighted by molar-refractivity contribution is 6.35. The van der Waals surface area contributed by atoms with E-state index < -0.39 is 0 Å². The zero-order valence-electron chi connectivity index (χ0n) is 20.4. The van der Waals surface area contributed by atoms with Gasteiger partial charge in [-0.3, -0.25) is 9.59 Å². The van der Waals surface area contributed by atoms with Crippen LogP contribution in [0.4, 0.5) is 0 Å². The fraction of sp³-hybridized carbons (Fsp3) is 0.241. The Morgan fingerprint density at radius 1 is 0.917 bits per heavy atom. The van der Waals surface area contributed by atoms with Crippen LogP contribution in [-0.2, 0) is 17.8 Å². The number of fused-ring (bicyclic) bond motifs is 1. The van der Waals surface area contributed by atoms with Crippen LogP contribution in [0.3, 0.4) is 0 Å². The van der Waals surface area contributed by atoms with Crippen molar-refractivity contribution < 1.29 is 9.59 Å². The Morgan fingerprint density at radius 3 is 2.28 bits per heavy atom. The lowest BCUT2D eigenvalue weighted by Gasteiger charge is -2.30. The molecule has 3 aromatic carbocycles. The van der Waals surface area contributed by atoms with Crippen molar-refractivity contribution in [2.24, 2.45) is 0 Å². The summed E-state index contributed by atoms with van der Waals surface area (Å²) in [6.07, 6.45) is 2.70. The standard InChI is InChI=1S/C29H29Cl2N3O2/c1-20(2)34(29(36)23-14-24(30)16-25(31)15-23)19-28(35)33(18-21-8-4-3-5-9-21)13-12-22-17-32-27-11-7-6-10-26(22)27/h3-11,14-17,20,32H,12-13,18-19H2,1-2H3. The van der Waals surface area contributed by atoms with Crippen LogP contribution in [0.5, 0.6) is 0 Å². The monoisotopic (exact) mass is 521 g/mol. The minimum absolute atomic E-state index is 0.0403. The van der Waals surface area contributed by atoms with Crippen molar-refractivity contribution in [1.29, 1.82) is 0 Å². The van der Waals surface area contributed by atoms with Crippen LogP contribution in [0.1, 0.15) is 35.3 Å². The van der Waals surface area contributed by atoms with Crippen LogP contribution in [0.15, 0.2) is 79.0 Å². The predicted molar refractivity (Wildman–Crippen MR) is 146 cm³/mol. The van der Waals surface area contributed by atoms with E-state index in [0.29, 0.717) is 35.1 Å². The molecule has 0 radical (unpaired) electrons. The Hall–Kier alpha value is -3.28. The SMILES string of the molecule is CC(C)N(CC(=O)N(CCc1c[nH]c2ccccc12)Cc1ccccc1)C(=O)c1cc(Cl)cc(Cl)c1. The summed E-state index contributed by atoms with van der Waals surface area (Å²) in [6.45, 7) is 4.74. The number of nitrogens with one attached hydrogen (secondary N) is 1. The molecule has 2 amide bonds. The van der Waals surface area contributed by atoms with Crippen LogP contribution in [0.2, 0.25) is 10.0 Å². The van der Waals surface area contributed by atoms with Crippen LogP contribution in [0, 0.1) is 0 Å². The minimum atomic E-state index is -0.279. The molecule has 0 aliphatic rings. The number of benzene rings is 3. The largest absolute Gasteiger partial charge is 0.361 e. The number of amides is 2. The van der Waals surface area contributed by atoms with Crippen molar-refractivity contribution in [3.05, 3.63) is 106 Å². The number of halogens is 2. The molecule has 186 valence electrons. The second-order valence-electron chi connectivity index (χ2n) is 9.10. The van der Waals surface area contributed by atoms with Crippen molar-refractivity contribution in [3.8, 4) is 0 Å². The molecule has 0 aliphatic heterocycles. The maximum absolute atomic E-state index is 13.6. The summed E-state index contributed by atoms with van der Waals surface area (Å²) in [5.41, 5.74) is 3.63. The molecular weight excluding hydrogens is 493 g/mol. The normalized spacial score (nSPS) is 11.1. The number of nitrogens with zero attached hydrogens (tertiary/aromatic N) is 2. The van der Waals surface area contributed by atoms with Crippen molar-refractivity contribution in [3.63, 3.8) is 0 Å². The first-order chi connectivity index (χ1) is 17.3. The smallest absolute Gasteiger partial charge is 0.254 e. The van der Waals surface area contributed by atoms with E-state index >= 15 is 0 Å². The third-order valence-electron chi connectivity index (χ3n) is 6.19. The lowest BCUT2D eigenvalue weighted by atomic mass is 10.1. The fourth-order valence-corrected chi connectivity index (χ4v) is 4.79. The molecule has 4 aromatic rings. The fourth-order valence-electron chi connectivity index (χ4n) is 4.27. The van der Waals surface area contributed by atoms with E-state index in [1.807, 2.05) is 73.5 Å². The first kappa shape index (κ1) is 25.8. The quantitative estimate of drug-likeness (QED) is 0.269. The van der Waals surface area contributed by atoms with Crippen molar-refractivity contribution in [2.75, 3.05) is 13.1 Å². The molecule has 36 heavy (non-hydrogen) atoms. The van der Waals surface area contributed by atoms with Gasteiger partial charge in [-0.25, -0.2) is 0 Å². The number of hydrogen-bond acceptors (Lipinski definition) is 2. The molecule has 4 rings (SSSR count). The summed E-state index contributed by atoms with van der Waals surface area (Å²) in [4.78, 5) is 33.6. The summed E-state index contributed by atoms with van der Waals surface area (Å²) in [7, 11) is 0. The zero-order valence-corrected chi connectivity index (χ0v) is 21.9. The average Bonchev–Trinajstić information content (AvgIpc) is 3.27. The third-order valence-corrected chi connectivity index (χ3v) is 6.63. The number of carbonyl (C=O) groups is 2. The van der Waals surface area contributed by atoms with E-state index in [1.54, 1.807) is 23.1 Å². The highest BCUT2D eigenvalue weighted by Crippen LogP contribution is 2.22. The van der Waals surface area contributed by atoms with Gasteiger partial charge in [-0.1, -0.05) is 71.7 Å². The number of rotatable bonds is 9. The van der Waals surface area contributed by atoms with Gasteiger partial charge in [0.25, 0.3) is 5.91 Å². The Morgan fingerprint density at radius 2 is 1.58 bits per heavy atom. The second kappa shape index (κ2) is 11.6. The van der Waals surface area contributed by atoms with Gasteiger partial charge in [0, 0.05) is 51.8 Å². The Labute approximate surface area is 221 Å². The number of hydrogen-bond donors (Lipinski definition) is 1. The van der Waals surface area contributed by atoms with Crippen LogP contribution >= 0.6 is 23.2 Å². The topological polar surface area (TPSA) is 56.4 Å². The highest BCUT2D eigenvalue weighted by atomic mass is 35.5. The average molecular weight is 522 g/mol. The van der Waals surface area contributed by atoms with E-state index in [1.165, 1.54) is 0 Å². The molecule has 1 heterocycles. The maximum Gasteiger partial charge on any atom is 0.254 e. The molecular formula is C29H29Cl2N3O2. The lowest BCUT2D eigenvalue weighted by molar-refractivity contribution is -0.132. The van der Waals surface area contributed by atoms with Crippen molar-refractivity contribution in [2.45, 2.75) is 32.9 Å². The van der Waals surface area contributed by atoms with Crippen LogP contribution < -0.4 is 0 Å². The van der Waals surface area contributed by atoms with E-state index in [2.05, 4.69) is 11.1 Å². The molecule has 0 bridgehead atoms. The van der Waals surface area contributed by atoms with Gasteiger partial charge in [0.2, 0.25) is 5.91 Å². The van der Waals surface area contributed by atoms with Crippen molar-refractivity contribution in [1.82, 2.24) is 14.8 Å². The number of carbonyl (C=O) groups excluding carboxylic acids is 2. The summed E-state index contributed by atoms with van der Waals surface area (Å²) in [6, 6.07) is 22.6. The molecule has 0 spiro atoms. The molecule has 7 heteroatoms. The van der Waals surface area contributed by atoms with Gasteiger partial charge in [0.1, 0.15) is 6.54 Å². The molecule has 0 unspecified atom stereocenters. The van der Waals surface area contributed by atoms with Gasteiger partial charge in [0.15, 0.2) is 0 Å². The molecule has 1 N–H and O–H groups in total. The molecule has 0 atom stereocenters. The number of aromatic amines is 1. The van der Waals surface area contributed by atoms with Gasteiger partial charge in [-0.2, -0.15) is 0 Å². The van der Waals surface area contributed by atoms with Crippen molar-refractivity contribution >= 4 is 45.9 Å². The lowest BCUT2D eigenvalue weighted by Crippen LogP contribution is -2.46. The van der Waals surface area contributed by atoms with Crippen LogP contribution in [-0.4, -0.2) is 45.7 Å². The molecule has 0 saturated carbocycles. The van der Waals surface area contributed by atoms with E-state index in [0.717, 1.165) is 22.0 Å². The summed E-state index contributed by atoms with van der Waals surface area (Å²) in [5, 5.41) is 1.91. The summed E-state index contributed by atoms with van der Waals surface area (Å²) >= 11 is 12.2. The molecule has 5 nitrogen and oxygen atoms in total. The first-order valence-corrected chi connectivity index (χ1v) is 12.7. The molecule has 0 fully saturated rings. The zero-order chi connectivity index (χ0) is 25.7. The first-order valence-electron chi connectivity index (χ1n) is 12.0. The number of H-pyrrole nitrogens is 1. The van der Waals surface area contributed by atoms with Gasteiger partial charge in [-0.05, 0) is 55.7 Å². The Balaban J connectivity index is 1.55. The Bertz CT molecular complexity index is 1330. The number of para-hydroxylation sites is 1. The third kappa shape index (κ3) is 6.28. The molecule has 0 aliphatic carbocycles. The van der Waals surface area contributed by atoms with Crippen LogP contribution in [0.25, 0.3) is 10.9 Å². The van der Waals surface area contributed by atoms with Gasteiger partial charge >= 0.3 is 0 Å². The molecule has 0 saturated heterocycles. The van der Waals surface area contributed by atoms with Gasteiger partial charge in [0.05, 0.1) is 0 Å². The summed E-state index contributed by atoms with van der Waals surface area (Å²) < 4.78 is 0.